The van der Waals surface area contributed by atoms with Crippen molar-refractivity contribution in [3.05, 3.63) is 35.4 Å². The molecule has 0 radical (unpaired) electrons. The van der Waals surface area contributed by atoms with Crippen LogP contribution in [0.1, 0.15) is 153 Å². The van der Waals surface area contributed by atoms with Crippen molar-refractivity contribution in [1.29, 1.82) is 0 Å². The average Bonchev–Trinajstić information content (AvgIpc) is 3.61. The lowest BCUT2D eigenvalue weighted by Gasteiger charge is -2.55. The molecular weight excluding hydrogens is 613 g/mol. The van der Waals surface area contributed by atoms with Gasteiger partial charge in [-0.1, -0.05) is 52.0 Å². The van der Waals surface area contributed by atoms with Crippen molar-refractivity contribution < 1.29 is 9.47 Å². The van der Waals surface area contributed by atoms with E-state index in [0.717, 1.165) is 71.3 Å². The smallest absolute Gasteiger partial charge is 0.0740 e. The second kappa shape index (κ2) is 12.3. The second-order valence-corrected chi connectivity index (χ2v) is 20.9. The van der Waals surface area contributed by atoms with Crippen LogP contribution in [0.2, 0.25) is 0 Å². The molecule has 10 aliphatic rings. The van der Waals surface area contributed by atoms with E-state index in [-0.39, 0.29) is 0 Å². The van der Waals surface area contributed by atoms with Crippen LogP contribution in [0.5, 0.6) is 0 Å². The van der Waals surface area contributed by atoms with Gasteiger partial charge in [0.25, 0.3) is 0 Å². The van der Waals surface area contributed by atoms with Gasteiger partial charge in [-0.05, 0) is 173 Å². The lowest BCUT2D eigenvalue weighted by molar-refractivity contribution is -0.187. The van der Waals surface area contributed by atoms with Crippen LogP contribution in [-0.4, -0.2) is 70.5 Å². The first-order valence-corrected chi connectivity index (χ1v) is 22.3. The van der Waals surface area contributed by atoms with Gasteiger partial charge in [0.2, 0.25) is 0 Å². The van der Waals surface area contributed by atoms with Gasteiger partial charge in [-0.15, -0.1) is 0 Å². The van der Waals surface area contributed by atoms with E-state index in [0.29, 0.717) is 48.6 Å². The first-order chi connectivity index (χ1) is 24.4. The first kappa shape index (κ1) is 32.5. The molecule has 0 N–H and O–H groups in total. The molecule has 20 atom stereocenters. The zero-order valence-electron chi connectivity index (χ0n) is 31.9. The number of rotatable bonds is 2. The molecule has 4 saturated heterocycles. The molecule has 20 unspecified atom stereocenters. The van der Waals surface area contributed by atoms with Gasteiger partial charge in [-0.3, -0.25) is 9.80 Å². The fourth-order valence-corrected chi connectivity index (χ4v) is 16.1. The third kappa shape index (κ3) is 5.02. The lowest BCUT2D eigenvalue weighted by Crippen LogP contribution is -2.64. The van der Waals surface area contributed by atoms with Gasteiger partial charge in [0.1, 0.15) is 0 Å². The Labute approximate surface area is 304 Å². The van der Waals surface area contributed by atoms with Gasteiger partial charge in [0, 0.05) is 36.3 Å². The Hall–Kier alpha value is -0.940. The zero-order chi connectivity index (χ0) is 33.4. The van der Waals surface area contributed by atoms with E-state index in [1.54, 1.807) is 11.1 Å². The zero-order valence-corrected chi connectivity index (χ0v) is 31.9. The number of benzene rings is 1. The molecule has 0 bridgehead atoms. The van der Waals surface area contributed by atoms with E-state index in [1.807, 2.05) is 0 Å². The maximum absolute atomic E-state index is 7.09. The van der Waals surface area contributed by atoms with Crippen molar-refractivity contribution in [3.63, 3.8) is 0 Å². The van der Waals surface area contributed by atoms with Crippen LogP contribution in [0, 0.1) is 47.3 Å². The van der Waals surface area contributed by atoms with E-state index in [2.05, 4.69) is 61.8 Å². The molecule has 4 heterocycles. The molecule has 50 heavy (non-hydrogen) atoms. The van der Waals surface area contributed by atoms with E-state index in [1.165, 1.54) is 103 Å². The van der Waals surface area contributed by atoms with Crippen LogP contribution < -0.4 is 0 Å². The fourth-order valence-electron chi connectivity index (χ4n) is 16.1. The molecule has 4 heteroatoms. The van der Waals surface area contributed by atoms with Gasteiger partial charge < -0.3 is 9.47 Å². The molecule has 11 rings (SSSR count). The van der Waals surface area contributed by atoms with Crippen molar-refractivity contribution in [1.82, 2.24) is 9.80 Å². The van der Waals surface area contributed by atoms with Gasteiger partial charge in [-0.2, -0.15) is 0 Å². The summed E-state index contributed by atoms with van der Waals surface area (Å²) in [5.41, 5.74) is 3.38. The Bertz CT molecular complexity index is 1330. The molecular formula is C46H68N2O2. The number of fused-ring (bicyclic) bond motifs is 10. The maximum Gasteiger partial charge on any atom is 0.0740 e. The van der Waals surface area contributed by atoms with Gasteiger partial charge in [0.15, 0.2) is 0 Å². The molecule has 0 amide bonds. The highest BCUT2D eigenvalue weighted by Crippen LogP contribution is 2.59. The molecule has 4 nitrogen and oxygen atoms in total. The van der Waals surface area contributed by atoms with Crippen molar-refractivity contribution in [2.75, 3.05) is 0 Å². The number of nitrogens with zero attached hydrogens (tertiary/aromatic N) is 2. The number of morpholine rings is 2. The molecule has 6 aliphatic carbocycles. The van der Waals surface area contributed by atoms with Gasteiger partial charge in [0.05, 0.1) is 24.4 Å². The standard InChI is InChI=1S/C46H68N2O2/c1-25-8-12-39-41(18-25)49-43-20-27(3)16-35-33-23-31(10-14-37(33)47(39)45(35)43)29-6-5-7-30(22-29)32-11-15-38-34(24-32)36-17-28(4)21-44-46(36)48(38)40-13-9-26(2)19-42(40)50-44/h5-7,22,25-28,31-46H,8-21,23-24H2,1-4H3. The molecule has 0 spiro atoms. The predicted molar refractivity (Wildman–Crippen MR) is 200 cm³/mol. The van der Waals surface area contributed by atoms with Crippen molar-refractivity contribution >= 4 is 0 Å². The summed E-state index contributed by atoms with van der Waals surface area (Å²) < 4.78 is 14.2. The first-order valence-electron chi connectivity index (χ1n) is 22.3. The quantitative estimate of drug-likeness (QED) is 0.311. The molecule has 0 aromatic heterocycles. The maximum atomic E-state index is 7.09. The highest BCUT2D eigenvalue weighted by atomic mass is 16.5. The largest absolute Gasteiger partial charge is 0.372 e. The molecule has 6 saturated carbocycles. The molecule has 1 aromatic carbocycles. The van der Waals surface area contributed by atoms with Gasteiger partial charge >= 0.3 is 0 Å². The summed E-state index contributed by atoms with van der Waals surface area (Å²) in [7, 11) is 0. The third-order valence-corrected chi connectivity index (χ3v) is 17.9. The number of hydrogen-bond acceptors (Lipinski definition) is 4. The Morgan fingerprint density at radius 1 is 0.440 bits per heavy atom. The number of ether oxygens (including phenoxy) is 2. The minimum absolute atomic E-state index is 0.495. The summed E-state index contributed by atoms with van der Waals surface area (Å²) in [6, 6.07) is 14.8. The Kier molecular flexibility index (Phi) is 7.99. The predicted octanol–water partition coefficient (Wildman–Crippen LogP) is 9.56. The van der Waals surface area contributed by atoms with E-state index in [4.69, 9.17) is 9.47 Å². The number of hydrogen-bond donors (Lipinski definition) is 0. The Morgan fingerprint density at radius 2 is 0.880 bits per heavy atom. The summed E-state index contributed by atoms with van der Waals surface area (Å²) in [4.78, 5) is 6.31. The monoisotopic (exact) mass is 681 g/mol. The minimum atomic E-state index is 0.495. The van der Waals surface area contributed by atoms with Crippen LogP contribution in [0.4, 0.5) is 0 Å². The molecule has 10 fully saturated rings. The van der Waals surface area contributed by atoms with Crippen LogP contribution >= 0.6 is 0 Å². The molecule has 274 valence electrons. The van der Waals surface area contributed by atoms with Crippen molar-refractivity contribution in [2.24, 2.45) is 47.3 Å². The lowest BCUT2D eigenvalue weighted by atomic mass is 9.65. The van der Waals surface area contributed by atoms with Gasteiger partial charge in [-0.25, -0.2) is 0 Å². The molecule has 4 aliphatic heterocycles. The van der Waals surface area contributed by atoms with Crippen molar-refractivity contribution in [2.45, 2.75) is 203 Å². The summed E-state index contributed by atoms with van der Waals surface area (Å²) >= 11 is 0. The normalized spacial score (nSPS) is 55.6. The highest BCUT2D eigenvalue weighted by molar-refractivity contribution is 5.31. The average molecular weight is 681 g/mol. The SMILES string of the molecule is CC1CCC2C(C1)OC1CC(C)CC3C4CC(c5cccc(C6CCC7C(C6)C6CC(C)CC8OC9CC(C)CCC9N7C86)c5)CCC4N2C13. The highest BCUT2D eigenvalue weighted by Gasteiger charge is 2.63. The van der Waals surface area contributed by atoms with Crippen LogP contribution in [0.3, 0.4) is 0 Å². The van der Waals surface area contributed by atoms with Crippen LogP contribution in [-0.2, 0) is 9.47 Å². The molecule has 1 aromatic rings. The topological polar surface area (TPSA) is 24.9 Å². The second-order valence-electron chi connectivity index (χ2n) is 20.9. The van der Waals surface area contributed by atoms with E-state index in [9.17, 15) is 0 Å². The summed E-state index contributed by atoms with van der Waals surface area (Å²) in [6.45, 7) is 10.0. The minimum Gasteiger partial charge on any atom is -0.372 e. The van der Waals surface area contributed by atoms with Crippen LogP contribution in [0.25, 0.3) is 0 Å². The fraction of sp³-hybridized carbons (Fsp3) is 0.870. The van der Waals surface area contributed by atoms with Crippen molar-refractivity contribution in [3.8, 4) is 0 Å². The van der Waals surface area contributed by atoms with E-state index >= 15 is 0 Å². The third-order valence-electron chi connectivity index (χ3n) is 17.9. The summed E-state index contributed by atoms with van der Waals surface area (Å²) in [6.07, 6.45) is 24.1. The van der Waals surface area contributed by atoms with E-state index < -0.39 is 0 Å². The Balaban J connectivity index is 0.830. The summed E-state index contributed by atoms with van der Waals surface area (Å²) in [5, 5.41) is 0. The summed E-state index contributed by atoms with van der Waals surface area (Å²) in [5.74, 6) is 8.25. The van der Waals surface area contributed by atoms with Crippen LogP contribution in [0.15, 0.2) is 24.3 Å². The Morgan fingerprint density at radius 3 is 1.36 bits per heavy atom.